The lowest BCUT2D eigenvalue weighted by Gasteiger charge is -2.31. The summed E-state index contributed by atoms with van der Waals surface area (Å²) in [6.45, 7) is 6.68. The Kier molecular flexibility index (Phi) is 5.79. The van der Waals surface area contributed by atoms with Gasteiger partial charge in [0.1, 0.15) is 0 Å². The van der Waals surface area contributed by atoms with Gasteiger partial charge in [-0.2, -0.15) is 0 Å². The van der Waals surface area contributed by atoms with E-state index in [0.29, 0.717) is 31.1 Å². The molecule has 1 fully saturated rings. The van der Waals surface area contributed by atoms with Gasteiger partial charge in [-0.15, -0.1) is 5.10 Å². The average Bonchev–Trinajstić information content (AvgIpc) is 2.87. The summed E-state index contributed by atoms with van der Waals surface area (Å²) in [6, 6.07) is 0.997. The monoisotopic (exact) mass is 282 g/mol. The minimum Gasteiger partial charge on any atom is -0.407 e. The van der Waals surface area contributed by atoms with Gasteiger partial charge in [0, 0.05) is 19.7 Å². The van der Waals surface area contributed by atoms with Crippen LogP contribution in [-0.2, 0) is 11.3 Å². The Hall–Kier alpha value is -1.14. The third-order valence-corrected chi connectivity index (χ3v) is 4.15. The third kappa shape index (κ3) is 4.45. The summed E-state index contributed by atoms with van der Waals surface area (Å²) in [5, 5.41) is 14.6. The van der Waals surface area contributed by atoms with Gasteiger partial charge < -0.3 is 19.8 Å². The molecule has 0 amide bonds. The van der Waals surface area contributed by atoms with Gasteiger partial charge in [0.25, 0.3) is 0 Å². The van der Waals surface area contributed by atoms with Crippen LogP contribution in [0, 0.1) is 11.8 Å². The van der Waals surface area contributed by atoms with Gasteiger partial charge in [0.05, 0.1) is 13.2 Å². The largest absolute Gasteiger partial charge is 0.407 e. The molecule has 1 saturated carbocycles. The molecule has 6 heteroatoms. The van der Waals surface area contributed by atoms with E-state index in [4.69, 9.17) is 9.15 Å². The maximum absolute atomic E-state index is 5.59. The predicted molar refractivity (Wildman–Crippen MR) is 77.5 cm³/mol. The molecule has 0 radical (unpaired) electrons. The minimum atomic E-state index is 0.455. The highest BCUT2D eigenvalue weighted by Gasteiger charge is 2.25. The van der Waals surface area contributed by atoms with E-state index in [1.54, 1.807) is 7.11 Å². The number of nitrogens with one attached hydrogen (secondary N) is 2. The highest BCUT2D eigenvalue weighted by molar-refractivity contribution is 5.19. The zero-order valence-electron chi connectivity index (χ0n) is 12.7. The molecule has 0 bridgehead atoms. The fourth-order valence-corrected chi connectivity index (χ4v) is 2.61. The third-order valence-electron chi connectivity index (χ3n) is 4.15. The topological polar surface area (TPSA) is 72.2 Å². The zero-order chi connectivity index (χ0) is 14.4. The van der Waals surface area contributed by atoms with Gasteiger partial charge in [-0.25, -0.2) is 0 Å². The van der Waals surface area contributed by atoms with Crippen molar-refractivity contribution in [2.45, 2.75) is 45.7 Å². The molecule has 3 unspecified atom stereocenters. The molecule has 2 N–H and O–H groups in total. The van der Waals surface area contributed by atoms with Crippen LogP contribution in [0.5, 0.6) is 0 Å². The first-order valence-corrected chi connectivity index (χ1v) is 7.47. The Morgan fingerprint density at radius 3 is 2.85 bits per heavy atom. The van der Waals surface area contributed by atoms with E-state index in [9.17, 15) is 0 Å². The highest BCUT2D eigenvalue weighted by Crippen LogP contribution is 2.30. The zero-order valence-corrected chi connectivity index (χ0v) is 12.7. The van der Waals surface area contributed by atoms with Crippen LogP contribution in [0.15, 0.2) is 4.42 Å². The number of anilines is 1. The van der Waals surface area contributed by atoms with E-state index in [-0.39, 0.29) is 0 Å². The molecular weight excluding hydrogens is 256 g/mol. The second-order valence-electron chi connectivity index (χ2n) is 5.78. The van der Waals surface area contributed by atoms with Crippen LogP contribution in [0.1, 0.15) is 39.0 Å². The Labute approximate surface area is 120 Å². The van der Waals surface area contributed by atoms with Crippen LogP contribution in [0.2, 0.25) is 0 Å². The maximum Gasteiger partial charge on any atom is 0.315 e. The summed E-state index contributed by atoms with van der Waals surface area (Å²) in [7, 11) is 1.68. The van der Waals surface area contributed by atoms with Gasteiger partial charge >= 0.3 is 6.01 Å². The van der Waals surface area contributed by atoms with Crippen LogP contribution < -0.4 is 10.6 Å². The number of ether oxygens (including phenoxy) is 1. The summed E-state index contributed by atoms with van der Waals surface area (Å²) in [4.78, 5) is 0. The van der Waals surface area contributed by atoms with Gasteiger partial charge in [0.2, 0.25) is 5.89 Å². The van der Waals surface area contributed by atoms with Crippen LogP contribution in [0.4, 0.5) is 6.01 Å². The lowest BCUT2D eigenvalue weighted by atomic mass is 9.79. The van der Waals surface area contributed by atoms with Gasteiger partial charge in [-0.3, -0.25) is 0 Å². The van der Waals surface area contributed by atoms with Crippen LogP contribution in [0.25, 0.3) is 0 Å². The summed E-state index contributed by atoms with van der Waals surface area (Å²) in [6.07, 6.45) is 3.61. The van der Waals surface area contributed by atoms with Gasteiger partial charge in [-0.05, 0) is 31.1 Å². The molecule has 1 aromatic rings. The standard InChI is InChI=1S/C14H26N4O2/c1-10-4-5-12(8-11(10)2)16-14-18-17-13(20-14)9-15-6-7-19-3/h10-12,15H,4-9H2,1-3H3,(H,16,18). The lowest BCUT2D eigenvalue weighted by molar-refractivity contribution is 0.198. The Balaban J connectivity index is 1.75. The molecule has 2 rings (SSSR count). The summed E-state index contributed by atoms with van der Waals surface area (Å²) in [5.41, 5.74) is 0. The molecule has 0 spiro atoms. The first-order chi connectivity index (χ1) is 9.69. The Morgan fingerprint density at radius 1 is 1.25 bits per heavy atom. The van der Waals surface area contributed by atoms with E-state index >= 15 is 0 Å². The van der Waals surface area contributed by atoms with Crippen molar-refractivity contribution < 1.29 is 9.15 Å². The summed E-state index contributed by atoms with van der Waals surface area (Å²) < 4.78 is 10.6. The Morgan fingerprint density at radius 2 is 2.10 bits per heavy atom. The van der Waals surface area contributed by atoms with Crippen molar-refractivity contribution in [2.75, 3.05) is 25.6 Å². The lowest BCUT2D eigenvalue weighted by Crippen LogP contribution is -2.30. The average molecular weight is 282 g/mol. The molecule has 1 aliphatic carbocycles. The van der Waals surface area contributed by atoms with Crippen molar-refractivity contribution in [3.8, 4) is 0 Å². The molecule has 1 aliphatic rings. The molecule has 20 heavy (non-hydrogen) atoms. The number of nitrogens with zero attached hydrogens (tertiary/aromatic N) is 2. The normalized spacial score (nSPS) is 26.6. The van der Waals surface area contributed by atoms with Crippen molar-refractivity contribution in [2.24, 2.45) is 11.8 Å². The number of hydrogen-bond acceptors (Lipinski definition) is 6. The summed E-state index contributed by atoms with van der Waals surface area (Å²) in [5.74, 6) is 2.18. The van der Waals surface area contributed by atoms with Crippen LogP contribution >= 0.6 is 0 Å². The van der Waals surface area contributed by atoms with E-state index in [1.165, 1.54) is 19.3 Å². The number of methoxy groups -OCH3 is 1. The second kappa shape index (κ2) is 7.59. The first-order valence-electron chi connectivity index (χ1n) is 7.47. The maximum atomic E-state index is 5.59. The van der Waals surface area contributed by atoms with E-state index in [2.05, 4.69) is 34.7 Å². The Bertz CT molecular complexity index is 396. The van der Waals surface area contributed by atoms with Crippen molar-refractivity contribution in [3.63, 3.8) is 0 Å². The fraction of sp³-hybridized carbons (Fsp3) is 0.857. The van der Waals surface area contributed by atoms with Crippen molar-refractivity contribution in [1.82, 2.24) is 15.5 Å². The molecular formula is C14H26N4O2. The van der Waals surface area contributed by atoms with E-state index < -0.39 is 0 Å². The van der Waals surface area contributed by atoms with E-state index in [0.717, 1.165) is 18.4 Å². The van der Waals surface area contributed by atoms with Crippen LogP contribution in [-0.4, -0.2) is 36.5 Å². The van der Waals surface area contributed by atoms with Crippen molar-refractivity contribution in [3.05, 3.63) is 5.89 Å². The first kappa shape index (κ1) is 15.3. The highest BCUT2D eigenvalue weighted by atomic mass is 16.5. The molecule has 1 heterocycles. The van der Waals surface area contributed by atoms with Crippen molar-refractivity contribution in [1.29, 1.82) is 0 Å². The smallest absolute Gasteiger partial charge is 0.315 e. The molecule has 3 atom stereocenters. The van der Waals surface area contributed by atoms with Crippen molar-refractivity contribution >= 4 is 6.01 Å². The fourth-order valence-electron chi connectivity index (χ4n) is 2.61. The molecule has 0 saturated heterocycles. The molecule has 6 nitrogen and oxygen atoms in total. The predicted octanol–water partition coefficient (Wildman–Crippen LogP) is 2.04. The quantitative estimate of drug-likeness (QED) is 0.746. The van der Waals surface area contributed by atoms with Crippen LogP contribution in [0.3, 0.4) is 0 Å². The second-order valence-corrected chi connectivity index (χ2v) is 5.78. The molecule has 1 aromatic heterocycles. The minimum absolute atomic E-state index is 0.455. The molecule has 0 aliphatic heterocycles. The van der Waals surface area contributed by atoms with E-state index in [1.807, 2.05) is 0 Å². The number of aromatic nitrogens is 2. The van der Waals surface area contributed by atoms with Gasteiger partial charge in [0.15, 0.2) is 0 Å². The molecule has 0 aromatic carbocycles. The number of hydrogen-bond donors (Lipinski definition) is 2. The molecule has 114 valence electrons. The number of rotatable bonds is 7. The SMILES string of the molecule is COCCNCc1nnc(NC2CCC(C)C(C)C2)o1. The van der Waals surface area contributed by atoms with Gasteiger partial charge in [-0.1, -0.05) is 18.9 Å². The summed E-state index contributed by atoms with van der Waals surface area (Å²) >= 11 is 0.